The number of nitrogens with one attached hydrogen (secondary N) is 1. The summed E-state index contributed by atoms with van der Waals surface area (Å²) in [6.07, 6.45) is 2.20. The van der Waals surface area contributed by atoms with Crippen LogP contribution in [-0.4, -0.2) is 47.9 Å². The van der Waals surface area contributed by atoms with Crippen LogP contribution in [0.2, 0.25) is 0 Å². The maximum Gasteiger partial charge on any atom is 0.219 e. The fraction of sp³-hybridized carbons (Fsp3) is 0.367. The SMILES string of the molecule is COc1ccc2c(c1)CC(N(Cc1ccccc1)C[C@H](O)C(NC(C)=O)Oc1ccccc1)CCC2. The van der Waals surface area contributed by atoms with Crippen molar-refractivity contribution >= 4 is 5.91 Å². The Hall–Kier alpha value is -3.35. The summed E-state index contributed by atoms with van der Waals surface area (Å²) in [5.41, 5.74) is 3.84. The zero-order valence-electron chi connectivity index (χ0n) is 21.1. The molecular weight excluding hydrogens is 452 g/mol. The molecule has 36 heavy (non-hydrogen) atoms. The molecule has 0 aromatic heterocycles. The van der Waals surface area contributed by atoms with E-state index < -0.39 is 12.3 Å². The van der Waals surface area contributed by atoms with E-state index in [2.05, 4.69) is 34.5 Å². The highest BCUT2D eigenvalue weighted by molar-refractivity contribution is 5.73. The molecule has 190 valence electrons. The van der Waals surface area contributed by atoms with Crippen LogP contribution in [0.25, 0.3) is 0 Å². The van der Waals surface area contributed by atoms with Crippen molar-refractivity contribution in [2.24, 2.45) is 0 Å². The number of aliphatic hydroxyl groups is 1. The number of nitrogens with zero attached hydrogens (tertiary/aromatic N) is 1. The van der Waals surface area contributed by atoms with Crippen molar-refractivity contribution in [3.8, 4) is 11.5 Å². The molecule has 1 amide bonds. The van der Waals surface area contributed by atoms with Gasteiger partial charge < -0.3 is 19.9 Å². The van der Waals surface area contributed by atoms with Gasteiger partial charge in [-0.25, -0.2) is 0 Å². The van der Waals surface area contributed by atoms with Crippen molar-refractivity contribution in [3.63, 3.8) is 0 Å². The largest absolute Gasteiger partial charge is 0.497 e. The number of carbonyl (C=O) groups is 1. The van der Waals surface area contributed by atoms with Crippen LogP contribution in [0.4, 0.5) is 0 Å². The molecule has 0 aliphatic heterocycles. The highest BCUT2D eigenvalue weighted by Gasteiger charge is 2.29. The number of fused-ring (bicyclic) bond motifs is 1. The number of hydrogen-bond donors (Lipinski definition) is 2. The van der Waals surface area contributed by atoms with E-state index in [0.717, 1.165) is 31.4 Å². The summed E-state index contributed by atoms with van der Waals surface area (Å²) >= 11 is 0. The van der Waals surface area contributed by atoms with Crippen LogP contribution in [0.5, 0.6) is 11.5 Å². The van der Waals surface area contributed by atoms with Crippen molar-refractivity contribution in [2.75, 3.05) is 13.7 Å². The standard InChI is InChI=1S/C30H36N2O4/c1-22(33)31-30(36-27-14-7-4-8-15-27)29(34)21-32(20-23-10-5-3-6-11-23)26-13-9-12-24-16-17-28(35-2)19-25(24)18-26/h3-8,10-11,14-17,19,26,29-30,34H,9,12-13,18,20-21H2,1-2H3,(H,31,33)/t26?,29-,30?/m0/s1. The first-order valence-electron chi connectivity index (χ1n) is 12.6. The summed E-state index contributed by atoms with van der Waals surface area (Å²) in [4.78, 5) is 14.3. The Labute approximate surface area is 213 Å². The Balaban J connectivity index is 1.57. The molecule has 3 atom stereocenters. The first-order valence-corrected chi connectivity index (χ1v) is 12.6. The molecule has 2 unspecified atom stereocenters. The quantitative estimate of drug-likeness (QED) is 0.328. The minimum atomic E-state index is -0.925. The molecule has 0 heterocycles. The lowest BCUT2D eigenvalue weighted by atomic mass is 9.99. The van der Waals surface area contributed by atoms with Crippen LogP contribution >= 0.6 is 0 Å². The molecule has 0 saturated heterocycles. The molecule has 0 radical (unpaired) electrons. The first-order chi connectivity index (χ1) is 17.5. The van der Waals surface area contributed by atoms with Gasteiger partial charge in [-0.3, -0.25) is 9.69 Å². The lowest BCUT2D eigenvalue weighted by Gasteiger charge is -2.35. The third kappa shape index (κ3) is 7.09. The average molecular weight is 489 g/mol. The second-order valence-corrected chi connectivity index (χ2v) is 9.42. The summed E-state index contributed by atoms with van der Waals surface area (Å²) in [6.45, 7) is 2.49. The third-order valence-corrected chi connectivity index (χ3v) is 6.72. The molecule has 4 rings (SSSR count). The number of aliphatic hydroxyl groups excluding tert-OH is 1. The van der Waals surface area contributed by atoms with Crippen molar-refractivity contribution in [3.05, 3.63) is 95.6 Å². The lowest BCUT2D eigenvalue weighted by molar-refractivity contribution is -0.124. The highest BCUT2D eigenvalue weighted by Crippen LogP contribution is 2.28. The molecule has 0 saturated carbocycles. The smallest absolute Gasteiger partial charge is 0.219 e. The van der Waals surface area contributed by atoms with Crippen molar-refractivity contribution < 1.29 is 19.4 Å². The summed E-state index contributed by atoms with van der Waals surface area (Å²) in [5.74, 6) is 1.21. The van der Waals surface area contributed by atoms with E-state index in [4.69, 9.17) is 9.47 Å². The van der Waals surface area contributed by atoms with Gasteiger partial charge >= 0.3 is 0 Å². The zero-order chi connectivity index (χ0) is 25.3. The van der Waals surface area contributed by atoms with Crippen LogP contribution in [-0.2, 0) is 24.2 Å². The number of ether oxygens (including phenoxy) is 2. The van der Waals surface area contributed by atoms with Crippen LogP contribution in [0, 0.1) is 0 Å². The number of methoxy groups -OCH3 is 1. The third-order valence-electron chi connectivity index (χ3n) is 6.72. The Morgan fingerprint density at radius 1 is 1.03 bits per heavy atom. The highest BCUT2D eigenvalue weighted by atomic mass is 16.5. The van der Waals surface area contributed by atoms with Gasteiger partial charge in [-0.1, -0.05) is 54.6 Å². The fourth-order valence-electron chi connectivity index (χ4n) is 4.91. The van der Waals surface area contributed by atoms with E-state index in [1.54, 1.807) is 7.11 Å². The molecule has 1 aliphatic rings. The Kier molecular flexibility index (Phi) is 8.98. The van der Waals surface area contributed by atoms with E-state index in [1.807, 2.05) is 54.6 Å². The number of aryl methyl sites for hydroxylation is 1. The van der Waals surface area contributed by atoms with E-state index in [0.29, 0.717) is 18.8 Å². The van der Waals surface area contributed by atoms with Gasteiger partial charge in [0.15, 0.2) is 6.23 Å². The van der Waals surface area contributed by atoms with E-state index in [-0.39, 0.29) is 11.9 Å². The predicted molar refractivity (Wildman–Crippen MR) is 141 cm³/mol. The molecule has 3 aromatic rings. The summed E-state index contributed by atoms with van der Waals surface area (Å²) in [5, 5.41) is 14.1. The van der Waals surface area contributed by atoms with Crippen molar-refractivity contribution in [2.45, 2.75) is 57.5 Å². The molecule has 3 aromatic carbocycles. The van der Waals surface area contributed by atoms with E-state index in [9.17, 15) is 9.90 Å². The molecule has 2 N–H and O–H groups in total. The van der Waals surface area contributed by atoms with Crippen LogP contribution in [0.1, 0.15) is 36.5 Å². The molecule has 0 bridgehead atoms. The summed E-state index contributed by atoms with van der Waals surface area (Å²) < 4.78 is 11.5. The average Bonchev–Trinajstić information content (AvgIpc) is 3.11. The van der Waals surface area contributed by atoms with Crippen molar-refractivity contribution in [1.29, 1.82) is 0 Å². The maximum absolute atomic E-state index is 11.9. The topological polar surface area (TPSA) is 71.0 Å². The number of amides is 1. The zero-order valence-corrected chi connectivity index (χ0v) is 21.1. The molecule has 6 nitrogen and oxygen atoms in total. The van der Waals surface area contributed by atoms with Gasteiger partial charge in [0.1, 0.15) is 17.6 Å². The van der Waals surface area contributed by atoms with Gasteiger partial charge in [0.25, 0.3) is 0 Å². The second-order valence-electron chi connectivity index (χ2n) is 9.42. The lowest BCUT2D eigenvalue weighted by Crippen LogP contribution is -2.52. The Morgan fingerprint density at radius 3 is 2.44 bits per heavy atom. The maximum atomic E-state index is 11.9. The number of carbonyl (C=O) groups excluding carboxylic acids is 1. The first kappa shape index (κ1) is 25.7. The molecule has 1 aliphatic carbocycles. The van der Waals surface area contributed by atoms with E-state index in [1.165, 1.54) is 23.6 Å². The molecular formula is C30H36N2O4. The fourth-order valence-corrected chi connectivity index (χ4v) is 4.91. The van der Waals surface area contributed by atoms with E-state index >= 15 is 0 Å². The number of para-hydroxylation sites is 1. The molecule has 0 fully saturated rings. The number of hydrogen-bond acceptors (Lipinski definition) is 5. The normalized spacial score (nSPS) is 16.9. The van der Waals surface area contributed by atoms with Gasteiger partial charge in [-0.2, -0.15) is 0 Å². The van der Waals surface area contributed by atoms with Gasteiger partial charge in [-0.15, -0.1) is 0 Å². The number of benzene rings is 3. The van der Waals surface area contributed by atoms with Crippen LogP contribution < -0.4 is 14.8 Å². The molecule has 0 spiro atoms. The minimum absolute atomic E-state index is 0.225. The van der Waals surface area contributed by atoms with Gasteiger partial charge in [0.05, 0.1) is 7.11 Å². The van der Waals surface area contributed by atoms with Crippen LogP contribution in [0.15, 0.2) is 78.9 Å². The van der Waals surface area contributed by atoms with Crippen molar-refractivity contribution in [1.82, 2.24) is 10.2 Å². The van der Waals surface area contributed by atoms with Gasteiger partial charge in [0.2, 0.25) is 5.91 Å². The van der Waals surface area contributed by atoms with Gasteiger partial charge in [-0.05, 0) is 66.6 Å². The number of rotatable bonds is 10. The molecule has 6 heteroatoms. The van der Waals surface area contributed by atoms with Gasteiger partial charge in [0, 0.05) is 26.1 Å². The Morgan fingerprint density at radius 2 is 1.75 bits per heavy atom. The second kappa shape index (κ2) is 12.6. The summed E-state index contributed by atoms with van der Waals surface area (Å²) in [7, 11) is 1.70. The minimum Gasteiger partial charge on any atom is -0.497 e. The predicted octanol–water partition coefficient (Wildman–Crippen LogP) is 4.35. The monoisotopic (exact) mass is 488 g/mol. The van der Waals surface area contributed by atoms with Crippen LogP contribution in [0.3, 0.4) is 0 Å². The Bertz CT molecular complexity index is 1110. The summed E-state index contributed by atoms with van der Waals surface area (Å²) in [6, 6.07) is 26.1.